The van der Waals surface area contributed by atoms with Gasteiger partial charge in [-0.3, -0.25) is 15.1 Å². The Morgan fingerprint density at radius 3 is 2.66 bits per heavy atom. The highest BCUT2D eigenvalue weighted by atomic mass is 19.1. The summed E-state index contributed by atoms with van der Waals surface area (Å²) in [5, 5.41) is 11.7. The Balaban J connectivity index is 1.41. The molecule has 0 saturated heterocycles. The van der Waals surface area contributed by atoms with Gasteiger partial charge in [0.2, 0.25) is 0 Å². The molecule has 0 atom stereocenters. The molecule has 8 nitrogen and oxygen atoms in total. The van der Waals surface area contributed by atoms with E-state index < -0.39 is 0 Å². The summed E-state index contributed by atoms with van der Waals surface area (Å²) >= 11 is 0. The molecule has 6 aromatic rings. The number of aromatic nitrogens is 7. The molecule has 0 aliphatic rings. The van der Waals surface area contributed by atoms with Gasteiger partial charge in [0.25, 0.3) is 0 Å². The summed E-state index contributed by atoms with van der Waals surface area (Å²) in [6.45, 7) is 10.4. The molecule has 9 heteroatoms. The fraction of sp³-hybridized carbons (Fsp3) is 0.138. The highest BCUT2D eigenvalue weighted by Crippen LogP contribution is 2.33. The van der Waals surface area contributed by atoms with Crippen LogP contribution in [0.5, 0.6) is 0 Å². The summed E-state index contributed by atoms with van der Waals surface area (Å²) in [5.41, 5.74) is 6.87. The van der Waals surface area contributed by atoms with Gasteiger partial charge in [0, 0.05) is 45.6 Å². The first kappa shape index (κ1) is 23.5. The van der Waals surface area contributed by atoms with Crippen LogP contribution in [0.3, 0.4) is 0 Å². The minimum absolute atomic E-state index is 0.0908. The van der Waals surface area contributed by atoms with E-state index in [4.69, 9.17) is 0 Å². The third-order valence-corrected chi connectivity index (χ3v) is 6.46. The Hall–Kier alpha value is -4.92. The molecule has 5 heterocycles. The van der Waals surface area contributed by atoms with E-state index in [0.717, 1.165) is 33.5 Å². The fourth-order valence-corrected chi connectivity index (χ4v) is 4.19. The van der Waals surface area contributed by atoms with Gasteiger partial charge in [-0.05, 0) is 24.3 Å². The maximum atomic E-state index is 14.6. The molecule has 0 spiro atoms. The summed E-state index contributed by atoms with van der Waals surface area (Å²) in [5.74, 6) is 0.211. The number of allylic oxidation sites excluding steroid dienone is 1. The first-order valence-electron chi connectivity index (χ1n) is 12.1. The van der Waals surface area contributed by atoms with Crippen LogP contribution in [0.4, 0.5) is 10.1 Å². The second kappa shape index (κ2) is 8.88. The lowest BCUT2D eigenvalue weighted by molar-refractivity contribution is 0.509. The second-order valence-corrected chi connectivity index (χ2v) is 10.1. The highest BCUT2D eigenvalue weighted by Gasteiger charge is 2.18. The van der Waals surface area contributed by atoms with Crippen LogP contribution >= 0.6 is 0 Å². The van der Waals surface area contributed by atoms with Gasteiger partial charge in [-0.25, -0.2) is 14.4 Å². The number of hydrogen-bond donors (Lipinski definition) is 3. The molecule has 0 aliphatic carbocycles. The first-order valence-corrected chi connectivity index (χ1v) is 12.1. The Kier molecular flexibility index (Phi) is 5.48. The van der Waals surface area contributed by atoms with Gasteiger partial charge in [-0.1, -0.05) is 45.5 Å². The molecule has 0 radical (unpaired) electrons. The van der Waals surface area contributed by atoms with Crippen LogP contribution in [-0.2, 0) is 0 Å². The molecule has 0 saturated carbocycles. The topological polar surface area (TPSA) is 108 Å². The molecule has 0 aliphatic heterocycles. The van der Waals surface area contributed by atoms with Gasteiger partial charge < -0.3 is 10.3 Å². The number of halogens is 1. The average Bonchev–Trinajstić information content (AvgIpc) is 3.52. The van der Waals surface area contributed by atoms with Gasteiger partial charge in [0.05, 0.1) is 34.8 Å². The molecule has 3 N–H and O–H groups in total. The van der Waals surface area contributed by atoms with E-state index in [1.165, 1.54) is 6.07 Å². The number of anilines is 1. The van der Waals surface area contributed by atoms with Gasteiger partial charge in [-0.2, -0.15) is 5.10 Å². The smallest absolute Gasteiger partial charge is 0.178 e. The van der Waals surface area contributed by atoms with E-state index in [1.54, 1.807) is 49.1 Å². The van der Waals surface area contributed by atoms with Crippen LogP contribution in [0.2, 0.25) is 0 Å². The van der Waals surface area contributed by atoms with E-state index in [1.807, 2.05) is 12.1 Å². The van der Waals surface area contributed by atoms with Crippen molar-refractivity contribution in [3.63, 3.8) is 0 Å². The number of imidazole rings is 1. The Bertz CT molecular complexity index is 1830. The van der Waals surface area contributed by atoms with Crippen molar-refractivity contribution in [1.29, 1.82) is 0 Å². The number of benzene rings is 1. The monoisotopic (exact) mass is 504 g/mol. The Morgan fingerprint density at radius 2 is 1.84 bits per heavy atom. The van der Waals surface area contributed by atoms with E-state index >= 15 is 0 Å². The molecule has 38 heavy (non-hydrogen) atoms. The number of nitrogens with zero attached hydrogens (tertiary/aromatic N) is 5. The van der Waals surface area contributed by atoms with E-state index in [-0.39, 0.29) is 11.2 Å². The summed E-state index contributed by atoms with van der Waals surface area (Å²) in [7, 11) is 0. The minimum atomic E-state index is -0.312. The molecule has 1 aromatic carbocycles. The van der Waals surface area contributed by atoms with Gasteiger partial charge in [-0.15, -0.1) is 0 Å². The van der Waals surface area contributed by atoms with E-state index in [2.05, 4.69) is 67.8 Å². The van der Waals surface area contributed by atoms with Crippen molar-refractivity contribution in [2.24, 2.45) is 5.41 Å². The molecule has 0 amide bonds. The molecular formula is C29H25FN8. The lowest BCUT2D eigenvalue weighted by Gasteiger charge is -2.23. The fourth-order valence-electron chi connectivity index (χ4n) is 4.19. The third kappa shape index (κ3) is 4.17. The van der Waals surface area contributed by atoms with Crippen LogP contribution in [0.15, 0.2) is 79.5 Å². The van der Waals surface area contributed by atoms with Crippen LogP contribution in [0, 0.1) is 11.2 Å². The van der Waals surface area contributed by atoms with Crippen LogP contribution < -0.4 is 5.32 Å². The lowest BCUT2D eigenvalue weighted by atomic mass is 9.93. The largest absolute Gasteiger partial charge is 0.358 e. The average molecular weight is 505 g/mol. The summed E-state index contributed by atoms with van der Waals surface area (Å²) < 4.78 is 14.6. The van der Waals surface area contributed by atoms with Crippen molar-refractivity contribution >= 4 is 27.8 Å². The molecule has 0 bridgehead atoms. The zero-order valence-corrected chi connectivity index (χ0v) is 21.2. The highest BCUT2D eigenvalue weighted by molar-refractivity contribution is 5.96. The summed E-state index contributed by atoms with van der Waals surface area (Å²) in [6.07, 6.45) is 6.89. The number of aromatic amines is 2. The van der Waals surface area contributed by atoms with Crippen molar-refractivity contribution < 1.29 is 4.39 Å². The quantitative estimate of drug-likeness (QED) is 0.240. The molecule has 188 valence electrons. The van der Waals surface area contributed by atoms with Gasteiger partial charge in [0.15, 0.2) is 11.5 Å². The number of hydrogen-bond acceptors (Lipinski definition) is 6. The maximum absolute atomic E-state index is 14.6. The SMILES string of the molecule is C=C(Nc1cncc(-c2cc3c(-c4nc5nccc(-c6ccccc6F)c5[nH]4)n[nH]c3cn2)c1)C(C)(C)C. The zero-order chi connectivity index (χ0) is 26.4. The van der Waals surface area contributed by atoms with Crippen LogP contribution in [0.1, 0.15) is 20.8 Å². The van der Waals surface area contributed by atoms with E-state index in [0.29, 0.717) is 33.8 Å². The number of nitrogens with one attached hydrogen (secondary N) is 3. The number of fused-ring (bicyclic) bond motifs is 2. The summed E-state index contributed by atoms with van der Waals surface area (Å²) in [6, 6.07) is 12.4. The molecule has 0 fully saturated rings. The maximum Gasteiger partial charge on any atom is 0.178 e. The predicted octanol–water partition coefficient (Wildman–Crippen LogP) is 6.74. The lowest BCUT2D eigenvalue weighted by Crippen LogP contribution is -2.15. The molecule has 0 unspecified atom stereocenters. The summed E-state index contributed by atoms with van der Waals surface area (Å²) in [4.78, 5) is 21.4. The molecule has 6 rings (SSSR count). The Labute approximate surface area is 218 Å². The van der Waals surface area contributed by atoms with E-state index in [9.17, 15) is 4.39 Å². The van der Waals surface area contributed by atoms with Crippen molar-refractivity contribution in [2.75, 3.05) is 5.32 Å². The minimum Gasteiger partial charge on any atom is -0.358 e. The predicted molar refractivity (Wildman–Crippen MR) is 148 cm³/mol. The van der Waals surface area contributed by atoms with Gasteiger partial charge >= 0.3 is 0 Å². The van der Waals surface area contributed by atoms with Crippen LogP contribution in [-0.4, -0.2) is 35.1 Å². The van der Waals surface area contributed by atoms with Crippen molar-refractivity contribution in [1.82, 2.24) is 35.1 Å². The first-order chi connectivity index (χ1) is 18.3. The van der Waals surface area contributed by atoms with Crippen LogP contribution in [0.25, 0.3) is 56.0 Å². The van der Waals surface area contributed by atoms with Gasteiger partial charge in [0.1, 0.15) is 11.5 Å². The number of pyridine rings is 3. The third-order valence-electron chi connectivity index (χ3n) is 6.46. The standard InChI is InChI=1S/C29H25FN8/c1-16(29(2,3)4)34-18-11-17(13-31-14-18)23-12-21-24(15-33-23)37-38-26(21)28-35-25-20(9-10-32-27(25)36-28)19-7-5-6-8-22(19)30/h5-15,34H,1H2,2-4H3,(H,37,38)(H,32,35,36). The Morgan fingerprint density at radius 1 is 1.00 bits per heavy atom. The van der Waals surface area contributed by atoms with Crippen molar-refractivity contribution in [2.45, 2.75) is 20.8 Å². The zero-order valence-electron chi connectivity index (χ0n) is 21.2. The van der Waals surface area contributed by atoms with Crippen molar-refractivity contribution in [3.8, 4) is 33.9 Å². The number of rotatable bonds is 5. The number of H-pyrrole nitrogens is 2. The molecular weight excluding hydrogens is 479 g/mol. The second-order valence-electron chi connectivity index (χ2n) is 10.1. The molecule has 5 aromatic heterocycles. The normalized spacial score (nSPS) is 11.8. The van der Waals surface area contributed by atoms with Crippen molar-refractivity contribution in [3.05, 3.63) is 85.3 Å².